The van der Waals surface area contributed by atoms with Crippen LogP contribution in [0.1, 0.15) is 38.8 Å². The lowest BCUT2D eigenvalue weighted by atomic mass is 9.96. The van der Waals surface area contributed by atoms with Gasteiger partial charge in [-0.25, -0.2) is 8.42 Å². The van der Waals surface area contributed by atoms with E-state index in [9.17, 15) is 13.2 Å². The molecule has 0 aliphatic rings. The zero-order valence-corrected chi connectivity index (χ0v) is 19.5. The predicted octanol–water partition coefficient (Wildman–Crippen LogP) is 4.41. The van der Waals surface area contributed by atoms with E-state index in [4.69, 9.17) is 16.3 Å². The van der Waals surface area contributed by atoms with E-state index in [2.05, 4.69) is 19.2 Å². The number of anilines is 1. The summed E-state index contributed by atoms with van der Waals surface area (Å²) in [6.45, 7) is 5.70. The van der Waals surface area contributed by atoms with Crippen LogP contribution in [-0.2, 0) is 14.8 Å². The molecule has 0 saturated carbocycles. The molecule has 8 heteroatoms. The first-order chi connectivity index (χ1) is 14.0. The fraction of sp³-hybridized carbons (Fsp3) is 0.409. The van der Waals surface area contributed by atoms with E-state index in [1.165, 1.54) is 13.2 Å². The Morgan fingerprint density at radius 2 is 1.77 bits per heavy atom. The first kappa shape index (κ1) is 24.0. The average molecular weight is 453 g/mol. The van der Waals surface area contributed by atoms with Gasteiger partial charge in [-0.05, 0) is 43.0 Å². The van der Waals surface area contributed by atoms with Crippen LogP contribution in [-0.4, -0.2) is 33.7 Å². The molecule has 2 rings (SSSR count). The minimum absolute atomic E-state index is 0.218. The molecule has 1 N–H and O–H groups in total. The molecule has 0 saturated heterocycles. The molecule has 0 spiro atoms. The number of rotatable bonds is 9. The Balaban J connectivity index is 2.39. The topological polar surface area (TPSA) is 75.7 Å². The van der Waals surface area contributed by atoms with Gasteiger partial charge in [-0.3, -0.25) is 9.10 Å². The Labute approximate surface area is 184 Å². The van der Waals surface area contributed by atoms with Gasteiger partial charge >= 0.3 is 0 Å². The molecule has 6 nitrogen and oxygen atoms in total. The summed E-state index contributed by atoms with van der Waals surface area (Å²) in [7, 11) is -2.36. The van der Waals surface area contributed by atoms with E-state index in [-0.39, 0.29) is 11.7 Å². The monoisotopic (exact) mass is 452 g/mol. The molecule has 0 heterocycles. The van der Waals surface area contributed by atoms with Gasteiger partial charge in [0.05, 0.1) is 25.1 Å². The molecule has 0 fully saturated rings. The second-order valence-corrected chi connectivity index (χ2v) is 9.95. The number of hydrogen-bond donors (Lipinski definition) is 1. The summed E-state index contributed by atoms with van der Waals surface area (Å²) in [5, 5.41) is 3.36. The summed E-state index contributed by atoms with van der Waals surface area (Å²) in [6.07, 6.45) is 1.78. The number of hydrogen-bond acceptors (Lipinski definition) is 4. The Morgan fingerprint density at radius 3 is 2.30 bits per heavy atom. The van der Waals surface area contributed by atoms with Crippen LogP contribution < -0.4 is 14.4 Å². The maximum absolute atomic E-state index is 13.2. The third kappa shape index (κ3) is 6.12. The van der Waals surface area contributed by atoms with E-state index in [1.807, 2.05) is 30.3 Å². The maximum atomic E-state index is 13.2. The van der Waals surface area contributed by atoms with Crippen LogP contribution in [0.4, 0.5) is 5.69 Å². The lowest BCUT2D eigenvalue weighted by Gasteiger charge is -2.31. The lowest BCUT2D eigenvalue weighted by Crippen LogP contribution is -2.48. The fourth-order valence-electron chi connectivity index (χ4n) is 3.34. The van der Waals surface area contributed by atoms with Gasteiger partial charge in [0.2, 0.25) is 15.9 Å². The van der Waals surface area contributed by atoms with Crippen molar-refractivity contribution < 1.29 is 17.9 Å². The summed E-state index contributed by atoms with van der Waals surface area (Å²) < 4.78 is 31.6. The third-order valence-corrected chi connectivity index (χ3v) is 6.15. The van der Waals surface area contributed by atoms with E-state index in [1.54, 1.807) is 19.1 Å². The summed E-state index contributed by atoms with van der Waals surface area (Å²) >= 11 is 6.10. The number of halogens is 1. The van der Waals surface area contributed by atoms with Gasteiger partial charge in [0.15, 0.2) is 0 Å². The third-order valence-electron chi connectivity index (χ3n) is 4.69. The summed E-state index contributed by atoms with van der Waals surface area (Å²) in [6, 6.07) is 13.1. The second-order valence-electron chi connectivity index (χ2n) is 7.65. The number of carbonyl (C=O) groups is 1. The standard InChI is InChI=1S/C22H29ClN2O4S/c1-15(2)13-19(17-9-7-6-8-10-17)24-22(26)16(3)25(30(5,27)28)20-14-18(23)11-12-21(20)29-4/h6-12,14-16,19H,13H2,1-5H3,(H,24,26)/t16-,19+/m1/s1. The largest absolute Gasteiger partial charge is 0.495 e. The van der Waals surface area contributed by atoms with Crippen LogP contribution in [0.15, 0.2) is 48.5 Å². The number of nitrogens with one attached hydrogen (secondary N) is 1. The van der Waals surface area contributed by atoms with Gasteiger partial charge in [-0.1, -0.05) is 55.8 Å². The highest BCUT2D eigenvalue weighted by Gasteiger charge is 2.32. The Morgan fingerprint density at radius 1 is 1.13 bits per heavy atom. The van der Waals surface area contributed by atoms with Gasteiger partial charge in [-0.2, -0.15) is 0 Å². The number of carbonyl (C=O) groups excluding carboxylic acids is 1. The number of sulfonamides is 1. The molecule has 0 bridgehead atoms. The van der Waals surface area contributed by atoms with Crippen LogP contribution >= 0.6 is 11.6 Å². The number of methoxy groups -OCH3 is 1. The number of nitrogens with zero attached hydrogens (tertiary/aromatic N) is 1. The first-order valence-corrected chi connectivity index (χ1v) is 12.0. The Kier molecular flexibility index (Phi) is 8.15. The fourth-order valence-corrected chi connectivity index (χ4v) is 4.68. The molecule has 0 aromatic heterocycles. The molecule has 0 aliphatic heterocycles. The Bertz CT molecular complexity index is 964. The van der Waals surface area contributed by atoms with E-state index in [0.29, 0.717) is 16.7 Å². The molecule has 0 radical (unpaired) electrons. The van der Waals surface area contributed by atoms with Crippen molar-refractivity contribution in [1.82, 2.24) is 5.32 Å². The van der Waals surface area contributed by atoms with E-state index < -0.39 is 22.0 Å². The molecule has 30 heavy (non-hydrogen) atoms. The van der Waals surface area contributed by atoms with E-state index >= 15 is 0 Å². The molecule has 2 atom stereocenters. The number of amides is 1. The maximum Gasteiger partial charge on any atom is 0.244 e. The minimum atomic E-state index is -3.80. The molecule has 2 aromatic rings. The van der Waals surface area contributed by atoms with Crippen molar-refractivity contribution in [1.29, 1.82) is 0 Å². The molecule has 0 aliphatic carbocycles. The predicted molar refractivity (Wildman–Crippen MR) is 122 cm³/mol. The molecular weight excluding hydrogens is 424 g/mol. The van der Waals surface area contributed by atoms with Crippen LogP contribution in [0.5, 0.6) is 5.75 Å². The Hall–Kier alpha value is -2.25. The lowest BCUT2D eigenvalue weighted by molar-refractivity contribution is -0.122. The zero-order valence-electron chi connectivity index (χ0n) is 17.9. The van der Waals surface area contributed by atoms with Crippen molar-refractivity contribution >= 4 is 33.2 Å². The van der Waals surface area contributed by atoms with Gasteiger partial charge in [0.25, 0.3) is 0 Å². The zero-order chi connectivity index (χ0) is 22.5. The highest BCUT2D eigenvalue weighted by atomic mass is 35.5. The number of ether oxygens (including phenoxy) is 1. The summed E-state index contributed by atoms with van der Waals surface area (Å²) in [5.74, 6) is 0.244. The van der Waals surface area contributed by atoms with Crippen molar-refractivity contribution in [2.75, 3.05) is 17.7 Å². The molecule has 0 unspecified atom stereocenters. The average Bonchev–Trinajstić information content (AvgIpc) is 2.67. The van der Waals surface area contributed by atoms with E-state index in [0.717, 1.165) is 22.5 Å². The van der Waals surface area contributed by atoms with Crippen LogP contribution in [0, 0.1) is 5.92 Å². The van der Waals surface area contributed by atoms with Crippen LogP contribution in [0.3, 0.4) is 0 Å². The SMILES string of the molecule is COc1ccc(Cl)cc1N([C@H](C)C(=O)N[C@@H](CC(C)C)c1ccccc1)S(C)(=O)=O. The second kappa shape index (κ2) is 10.2. The van der Waals surface area contributed by atoms with Gasteiger partial charge in [0, 0.05) is 5.02 Å². The smallest absolute Gasteiger partial charge is 0.244 e. The highest BCUT2D eigenvalue weighted by Crippen LogP contribution is 2.34. The summed E-state index contributed by atoms with van der Waals surface area (Å²) in [4.78, 5) is 13.2. The van der Waals surface area contributed by atoms with Crippen molar-refractivity contribution in [2.45, 2.75) is 39.3 Å². The number of benzene rings is 2. The van der Waals surface area contributed by atoms with Crippen LogP contribution in [0.25, 0.3) is 0 Å². The van der Waals surface area contributed by atoms with Crippen molar-refractivity contribution in [3.63, 3.8) is 0 Å². The van der Waals surface area contributed by atoms with Gasteiger partial charge in [-0.15, -0.1) is 0 Å². The van der Waals surface area contributed by atoms with Crippen molar-refractivity contribution in [3.05, 3.63) is 59.1 Å². The first-order valence-electron chi connectivity index (χ1n) is 9.72. The van der Waals surface area contributed by atoms with Gasteiger partial charge < -0.3 is 10.1 Å². The molecule has 2 aromatic carbocycles. The van der Waals surface area contributed by atoms with Crippen LogP contribution in [0.2, 0.25) is 5.02 Å². The molecule has 164 valence electrons. The molecule has 1 amide bonds. The minimum Gasteiger partial charge on any atom is -0.495 e. The normalized spacial score (nSPS) is 13.6. The molecular formula is C22H29ClN2O4S. The highest BCUT2D eigenvalue weighted by molar-refractivity contribution is 7.92. The van der Waals surface area contributed by atoms with Crippen molar-refractivity contribution in [3.8, 4) is 5.75 Å². The van der Waals surface area contributed by atoms with Gasteiger partial charge in [0.1, 0.15) is 11.8 Å². The summed E-state index contributed by atoms with van der Waals surface area (Å²) in [5.41, 5.74) is 1.19. The van der Waals surface area contributed by atoms with Crippen molar-refractivity contribution in [2.24, 2.45) is 5.92 Å². The quantitative estimate of drug-likeness (QED) is 0.611.